The second-order valence-corrected chi connectivity index (χ2v) is 10.3. The van der Waals surface area contributed by atoms with Crippen molar-refractivity contribution in [2.75, 3.05) is 12.4 Å². The molecule has 0 radical (unpaired) electrons. The molecule has 0 unspecified atom stereocenters. The van der Waals surface area contributed by atoms with E-state index in [4.69, 9.17) is 22.1 Å². The van der Waals surface area contributed by atoms with E-state index in [1.807, 2.05) is 19.9 Å². The molecule has 0 fully saturated rings. The molecule has 2 aromatic heterocycles. The Bertz CT molecular complexity index is 1600. The van der Waals surface area contributed by atoms with E-state index < -0.39 is 5.91 Å². The molecule has 0 spiro atoms. The van der Waals surface area contributed by atoms with Crippen LogP contribution in [0.5, 0.6) is 5.75 Å². The van der Waals surface area contributed by atoms with Crippen LogP contribution in [0.3, 0.4) is 0 Å². The number of carbonyl (C=O) groups excluding carboxylic acids is 3. The van der Waals surface area contributed by atoms with E-state index in [0.717, 1.165) is 10.0 Å². The first-order valence-electron chi connectivity index (χ1n) is 12.6. The monoisotopic (exact) mass is 629 g/mol. The predicted molar refractivity (Wildman–Crippen MR) is 156 cm³/mol. The largest absolute Gasteiger partial charge is 0.494 e. The third-order valence-corrected chi connectivity index (χ3v) is 7.22. The van der Waals surface area contributed by atoms with Crippen molar-refractivity contribution in [3.05, 3.63) is 68.4 Å². The second kappa shape index (κ2) is 12.5. The number of imidazole rings is 1. The predicted octanol–water partition coefficient (Wildman–Crippen LogP) is 4.43. The summed E-state index contributed by atoms with van der Waals surface area (Å²) in [6.07, 6.45) is 0.663. The lowest BCUT2D eigenvalue weighted by Gasteiger charge is -2.13. The van der Waals surface area contributed by atoms with Crippen molar-refractivity contribution in [2.24, 2.45) is 5.73 Å². The number of methoxy groups -OCH3 is 1. The average Bonchev–Trinajstić information content (AvgIpc) is 3.47. The van der Waals surface area contributed by atoms with Crippen LogP contribution in [0.2, 0.25) is 5.02 Å². The Hall–Kier alpha value is -3.90. The molecular formula is C27H29BrClN7O4. The van der Waals surface area contributed by atoms with Crippen molar-refractivity contribution in [1.82, 2.24) is 24.6 Å². The molecule has 40 heavy (non-hydrogen) atoms. The Labute approximate surface area is 244 Å². The maximum absolute atomic E-state index is 13.2. The molecule has 0 saturated carbocycles. The van der Waals surface area contributed by atoms with Crippen LogP contribution < -0.4 is 21.1 Å². The van der Waals surface area contributed by atoms with Gasteiger partial charge >= 0.3 is 0 Å². The van der Waals surface area contributed by atoms with Gasteiger partial charge in [-0.2, -0.15) is 5.10 Å². The summed E-state index contributed by atoms with van der Waals surface area (Å²) >= 11 is 9.45. The summed E-state index contributed by atoms with van der Waals surface area (Å²) in [7, 11) is 1.47. The molecule has 4 rings (SSSR count). The molecule has 0 saturated heterocycles. The fraction of sp³-hybridized carbons (Fsp3) is 0.296. The Morgan fingerprint density at radius 3 is 2.62 bits per heavy atom. The molecule has 11 nitrogen and oxygen atoms in total. The summed E-state index contributed by atoms with van der Waals surface area (Å²) in [5.74, 6) is -0.550. The van der Waals surface area contributed by atoms with E-state index in [0.29, 0.717) is 59.2 Å². The lowest BCUT2D eigenvalue weighted by Crippen LogP contribution is -2.23. The quantitative estimate of drug-likeness (QED) is 0.223. The lowest BCUT2D eigenvalue weighted by molar-refractivity contribution is -0.121. The zero-order chi connectivity index (χ0) is 29.0. The van der Waals surface area contributed by atoms with Gasteiger partial charge < -0.3 is 20.4 Å². The number of nitrogens with one attached hydrogen (secondary N) is 2. The van der Waals surface area contributed by atoms with Gasteiger partial charge in [-0.1, -0.05) is 33.6 Å². The van der Waals surface area contributed by atoms with Gasteiger partial charge in [0, 0.05) is 41.1 Å². The van der Waals surface area contributed by atoms with Gasteiger partial charge in [-0.15, -0.1) is 0 Å². The molecule has 13 heteroatoms. The number of nitrogens with zero attached hydrogens (tertiary/aromatic N) is 4. The number of halogens is 2. The van der Waals surface area contributed by atoms with Crippen LogP contribution in [-0.2, 0) is 24.4 Å². The molecule has 4 N–H and O–H groups in total. The summed E-state index contributed by atoms with van der Waals surface area (Å²) in [5, 5.41) is 10.7. The van der Waals surface area contributed by atoms with Crippen molar-refractivity contribution < 1.29 is 19.1 Å². The zero-order valence-corrected chi connectivity index (χ0v) is 24.6. The van der Waals surface area contributed by atoms with Crippen molar-refractivity contribution >= 4 is 62.2 Å². The van der Waals surface area contributed by atoms with Crippen LogP contribution in [0.25, 0.3) is 11.0 Å². The smallest absolute Gasteiger partial charge is 0.276 e. The van der Waals surface area contributed by atoms with E-state index >= 15 is 0 Å². The molecule has 2 heterocycles. The molecule has 0 bridgehead atoms. The van der Waals surface area contributed by atoms with Gasteiger partial charge in [0.2, 0.25) is 17.8 Å². The third-order valence-electron chi connectivity index (χ3n) is 6.25. The number of rotatable bonds is 11. The molecule has 0 aliphatic rings. The molecule has 0 aliphatic carbocycles. The van der Waals surface area contributed by atoms with Gasteiger partial charge in [0.05, 0.1) is 18.3 Å². The minimum atomic E-state index is -0.633. The van der Waals surface area contributed by atoms with Gasteiger partial charge in [-0.05, 0) is 56.2 Å². The summed E-state index contributed by atoms with van der Waals surface area (Å²) in [4.78, 5) is 42.3. The second-order valence-electron chi connectivity index (χ2n) is 9.05. The van der Waals surface area contributed by atoms with E-state index in [1.165, 1.54) is 13.2 Å². The molecule has 0 aliphatic heterocycles. The number of amides is 3. The number of aromatic nitrogens is 4. The highest BCUT2D eigenvalue weighted by molar-refractivity contribution is 9.10. The van der Waals surface area contributed by atoms with Crippen LogP contribution in [0.1, 0.15) is 51.9 Å². The van der Waals surface area contributed by atoms with E-state index in [1.54, 1.807) is 33.5 Å². The Morgan fingerprint density at radius 2 is 1.95 bits per heavy atom. The number of benzene rings is 2. The van der Waals surface area contributed by atoms with Crippen molar-refractivity contribution in [1.29, 1.82) is 0 Å². The van der Waals surface area contributed by atoms with E-state index in [-0.39, 0.29) is 29.7 Å². The molecule has 210 valence electrons. The molecule has 0 atom stereocenters. The number of carbonyl (C=O) groups is 3. The third kappa shape index (κ3) is 6.45. The minimum absolute atomic E-state index is 0.137. The van der Waals surface area contributed by atoms with Crippen LogP contribution in [0.4, 0.5) is 5.95 Å². The molecule has 2 aromatic carbocycles. The number of ether oxygens (including phenoxy) is 1. The maximum Gasteiger partial charge on any atom is 0.276 e. The highest BCUT2D eigenvalue weighted by Gasteiger charge is 2.21. The number of hydrogen-bond donors (Lipinski definition) is 3. The van der Waals surface area contributed by atoms with E-state index in [9.17, 15) is 14.4 Å². The average molecular weight is 631 g/mol. The topological polar surface area (TPSA) is 146 Å². The number of nitrogens with two attached hydrogens (primary N) is 1. The number of aryl methyl sites for hydroxylation is 3. The first-order chi connectivity index (χ1) is 19.1. The lowest BCUT2D eigenvalue weighted by atomic mass is 10.1. The summed E-state index contributed by atoms with van der Waals surface area (Å²) in [5.41, 5.74) is 8.71. The fourth-order valence-electron chi connectivity index (χ4n) is 4.32. The molecule has 3 amide bonds. The normalized spacial score (nSPS) is 11.0. The summed E-state index contributed by atoms with van der Waals surface area (Å²) in [6.45, 7) is 4.91. The van der Waals surface area contributed by atoms with Crippen LogP contribution in [-0.4, -0.2) is 44.2 Å². The first-order valence-corrected chi connectivity index (χ1v) is 13.7. The van der Waals surface area contributed by atoms with E-state index in [2.05, 4.69) is 36.6 Å². The van der Waals surface area contributed by atoms with Gasteiger partial charge in [-0.25, -0.2) is 4.98 Å². The number of fused-ring (bicyclic) bond motifs is 1. The molecular weight excluding hydrogens is 602 g/mol. The number of primary amides is 1. The maximum atomic E-state index is 13.2. The van der Waals surface area contributed by atoms with Crippen molar-refractivity contribution in [3.8, 4) is 5.75 Å². The van der Waals surface area contributed by atoms with Crippen LogP contribution in [0, 0.1) is 6.92 Å². The highest BCUT2D eigenvalue weighted by Crippen LogP contribution is 2.31. The summed E-state index contributed by atoms with van der Waals surface area (Å²) in [6, 6.07) is 10.2. The van der Waals surface area contributed by atoms with Crippen LogP contribution in [0.15, 0.2) is 40.9 Å². The van der Waals surface area contributed by atoms with Crippen LogP contribution >= 0.6 is 27.5 Å². The fourth-order valence-corrected chi connectivity index (χ4v) is 5.14. The highest BCUT2D eigenvalue weighted by atomic mass is 79.9. The zero-order valence-electron chi connectivity index (χ0n) is 22.3. The standard InChI is InChI=1S/C27H29BrClN7O4/c1-4-36-21(10-15(2)34-36)26(39)33-27-32-20-11-17(25(30)38)12-22(40-3)24(20)35(27)9-5-6-23(37)31-14-16-7-8-18(29)13-19(16)28/h7-8,10-13H,4-6,9,14H2,1-3H3,(H2,30,38)(H,31,37)(H,32,33,39). The number of anilines is 1. The SMILES string of the molecule is CCn1nc(C)cc1C(=O)Nc1nc2cc(C(N)=O)cc(OC)c2n1CCCC(=O)NCc1ccc(Cl)cc1Br. The Balaban J connectivity index is 1.57. The Morgan fingerprint density at radius 1 is 1.18 bits per heavy atom. The van der Waals surface area contributed by atoms with Gasteiger partial charge in [0.1, 0.15) is 17.0 Å². The Kier molecular flexibility index (Phi) is 9.10. The first kappa shape index (κ1) is 29.1. The molecule has 4 aromatic rings. The van der Waals surface area contributed by atoms with Gasteiger partial charge in [0.15, 0.2) is 0 Å². The van der Waals surface area contributed by atoms with Crippen molar-refractivity contribution in [2.45, 2.75) is 46.3 Å². The number of hydrogen-bond acceptors (Lipinski definition) is 6. The minimum Gasteiger partial charge on any atom is -0.494 e. The van der Waals surface area contributed by atoms with Gasteiger partial charge in [0.25, 0.3) is 5.91 Å². The van der Waals surface area contributed by atoms with Crippen molar-refractivity contribution in [3.63, 3.8) is 0 Å². The summed E-state index contributed by atoms with van der Waals surface area (Å²) < 4.78 is 9.73. The van der Waals surface area contributed by atoms with Gasteiger partial charge in [-0.3, -0.25) is 24.4 Å².